The predicted molar refractivity (Wildman–Crippen MR) is 103 cm³/mol. The molecule has 0 atom stereocenters. The SMILES string of the molecule is COc1ccc2c(c1)C(C)(C)c1nc3cc(Cl)c(Cl)cc3nc1N2C. The van der Waals surface area contributed by atoms with Gasteiger partial charge < -0.3 is 9.64 Å². The second kappa shape index (κ2) is 5.48. The zero-order valence-corrected chi connectivity index (χ0v) is 15.9. The molecule has 0 radical (unpaired) electrons. The van der Waals surface area contributed by atoms with E-state index in [0.717, 1.165) is 39.5 Å². The molecule has 0 spiro atoms. The number of hydrogen-bond acceptors (Lipinski definition) is 4. The molecule has 2 heterocycles. The van der Waals surface area contributed by atoms with Gasteiger partial charge >= 0.3 is 0 Å². The van der Waals surface area contributed by atoms with E-state index >= 15 is 0 Å². The Bertz CT molecular complexity index is 1020. The third kappa shape index (κ3) is 2.35. The van der Waals surface area contributed by atoms with Crippen LogP contribution in [0.4, 0.5) is 11.5 Å². The number of methoxy groups -OCH3 is 1. The topological polar surface area (TPSA) is 38.3 Å². The maximum atomic E-state index is 6.16. The van der Waals surface area contributed by atoms with Gasteiger partial charge in [-0.2, -0.15) is 0 Å². The number of fused-ring (bicyclic) bond motifs is 3. The largest absolute Gasteiger partial charge is 0.497 e. The fraction of sp³-hybridized carbons (Fsp3) is 0.263. The summed E-state index contributed by atoms with van der Waals surface area (Å²) >= 11 is 12.3. The van der Waals surface area contributed by atoms with E-state index in [1.807, 2.05) is 13.1 Å². The molecule has 1 aromatic heterocycles. The summed E-state index contributed by atoms with van der Waals surface area (Å²) in [6.45, 7) is 4.30. The van der Waals surface area contributed by atoms with Crippen LogP contribution in [0.5, 0.6) is 5.75 Å². The lowest BCUT2D eigenvalue weighted by Gasteiger charge is -2.38. The van der Waals surface area contributed by atoms with E-state index in [-0.39, 0.29) is 5.41 Å². The normalized spacial score (nSPS) is 15.0. The van der Waals surface area contributed by atoms with Crippen LogP contribution in [0.1, 0.15) is 25.1 Å². The minimum atomic E-state index is -0.320. The van der Waals surface area contributed by atoms with Crippen molar-refractivity contribution in [3.63, 3.8) is 0 Å². The van der Waals surface area contributed by atoms with Crippen molar-refractivity contribution < 1.29 is 4.74 Å². The molecular weight excluding hydrogens is 357 g/mol. The molecule has 0 fully saturated rings. The first kappa shape index (κ1) is 16.4. The molecule has 2 aromatic carbocycles. The highest BCUT2D eigenvalue weighted by atomic mass is 35.5. The quantitative estimate of drug-likeness (QED) is 0.575. The summed E-state index contributed by atoms with van der Waals surface area (Å²) in [6, 6.07) is 9.61. The minimum Gasteiger partial charge on any atom is -0.497 e. The van der Waals surface area contributed by atoms with Crippen LogP contribution in [-0.4, -0.2) is 24.1 Å². The van der Waals surface area contributed by atoms with Crippen LogP contribution in [0.3, 0.4) is 0 Å². The number of nitrogens with zero attached hydrogens (tertiary/aromatic N) is 3. The van der Waals surface area contributed by atoms with Crippen LogP contribution in [-0.2, 0) is 5.41 Å². The van der Waals surface area contributed by atoms with E-state index in [1.165, 1.54) is 0 Å². The molecule has 1 aliphatic rings. The lowest BCUT2D eigenvalue weighted by Crippen LogP contribution is -2.32. The number of hydrogen-bond donors (Lipinski definition) is 0. The highest BCUT2D eigenvalue weighted by molar-refractivity contribution is 6.42. The van der Waals surface area contributed by atoms with Crippen molar-refractivity contribution in [3.05, 3.63) is 51.6 Å². The van der Waals surface area contributed by atoms with Gasteiger partial charge in [-0.25, -0.2) is 9.97 Å². The number of ether oxygens (including phenoxy) is 1. The van der Waals surface area contributed by atoms with Crippen LogP contribution in [0.15, 0.2) is 30.3 Å². The monoisotopic (exact) mass is 373 g/mol. The van der Waals surface area contributed by atoms with Crippen LogP contribution in [0.25, 0.3) is 11.0 Å². The number of rotatable bonds is 1. The van der Waals surface area contributed by atoms with Crippen molar-refractivity contribution in [1.82, 2.24) is 9.97 Å². The second-order valence-electron chi connectivity index (χ2n) is 6.72. The van der Waals surface area contributed by atoms with Crippen LogP contribution >= 0.6 is 23.2 Å². The van der Waals surface area contributed by atoms with Gasteiger partial charge in [-0.3, -0.25) is 0 Å². The van der Waals surface area contributed by atoms with E-state index in [1.54, 1.807) is 19.2 Å². The Morgan fingerprint density at radius 2 is 1.64 bits per heavy atom. The summed E-state index contributed by atoms with van der Waals surface area (Å²) in [5.41, 5.74) is 4.29. The Morgan fingerprint density at radius 1 is 1.00 bits per heavy atom. The van der Waals surface area contributed by atoms with Crippen molar-refractivity contribution in [1.29, 1.82) is 0 Å². The summed E-state index contributed by atoms with van der Waals surface area (Å²) in [5.74, 6) is 1.65. The van der Waals surface area contributed by atoms with Crippen LogP contribution in [0.2, 0.25) is 10.0 Å². The molecule has 4 nitrogen and oxygen atoms in total. The smallest absolute Gasteiger partial charge is 0.156 e. The second-order valence-corrected chi connectivity index (χ2v) is 7.53. The third-order valence-corrected chi connectivity index (χ3v) is 5.56. The van der Waals surface area contributed by atoms with E-state index in [4.69, 9.17) is 37.9 Å². The molecular formula is C19H17Cl2N3O. The first-order valence-corrected chi connectivity index (χ1v) is 8.68. The standard InChI is InChI=1S/C19H17Cl2N3O/c1-19(2)11-7-10(25-4)5-6-16(11)24(3)18-17(19)22-14-8-12(20)13(21)9-15(14)23-18/h5-9H,1-4H3. The average Bonchev–Trinajstić information content (AvgIpc) is 2.59. The molecule has 1 aliphatic heterocycles. The van der Waals surface area contributed by atoms with Gasteiger partial charge in [0.25, 0.3) is 0 Å². The molecule has 3 aromatic rings. The zero-order chi connectivity index (χ0) is 17.9. The van der Waals surface area contributed by atoms with Crippen LogP contribution < -0.4 is 9.64 Å². The van der Waals surface area contributed by atoms with Crippen molar-refractivity contribution in [3.8, 4) is 5.75 Å². The summed E-state index contributed by atoms with van der Waals surface area (Å²) < 4.78 is 5.41. The molecule has 128 valence electrons. The summed E-state index contributed by atoms with van der Waals surface area (Å²) in [7, 11) is 3.67. The van der Waals surface area contributed by atoms with Gasteiger partial charge in [-0.15, -0.1) is 0 Å². The minimum absolute atomic E-state index is 0.320. The lowest BCUT2D eigenvalue weighted by molar-refractivity contribution is 0.413. The Hall–Kier alpha value is -2.04. The van der Waals surface area contributed by atoms with E-state index in [9.17, 15) is 0 Å². The van der Waals surface area contributed by atoms with E-state index in [2.05, 4.69) is 30.9 Å². The highest BCUT2D eigenvalue weighted by Crippen LogP contribution is 2.48. The molecule has 0 unspecified atom stereocenters. The zero-order valence-electron chi connectivity index (χ0n) is 14.4. The van der Waals surface area contributed by atoms with Gasteiger partial charge in [-0.1, -0.05) is 23.2 Å². The maximum absolute atomic E-state index is 6.16. The van der Waals surface area contributed by atoms with E-state index < -0.39 is 0 Å². The number of anilines is 2. The molecule has 25 heavy (non-hydrogen) atoms. The van der Waals surface area contributed by atoms with Gasteiger partial charge in [0, 0.05) is 18.2 Å². The summed E-state index contributed by atoms with van der Waals surface area (Å²) in [5, 5.41) is 0.957. The average molecular weight is 374 g/mol. The first-order valence-electron chi connectivity index (χ1n) is 7.92. The number of aromatic nitrogens is 2. The number of benzene rings is 2. The molecule has 0 aliphatic carbocycles. The van der Waals surface area contributed by atoms with Gasteiger partial charge in [0.15, 0.2) is 5.82 Å². The Kier molecular flexibility index (Phi) is 3.60. The number of halogens is 2. The van der Waals surface area contributed by atoms with Crippen LogP contribution in [0, 0.1) is 0 Å². The van der Waals surface area contributed by atoms with E-state index in [0.29, 0.717) is 10.0 Å². The van der Waals surface area contributed by atoms with Gasteiger partial charge in [-0.05, 0) is 49.7 Å². The lowest BCUT2D eigenvalue weighted by atomic mass is 9.77. The summed E-state index contributed by atoms with van der Waals surface area (Å²) in [4.78, 5) is 11.8. The van der Waals surface area contributed by atoms with Crippen molar-refractivity contribution in [2.75, 3.05) is 19.1 Å². The molecule has 0 N–H and O–H groups in total. The molecule has 0 saturated carbocycles. The van der Waals surface area contributed by atoms with Crippen molar-refractivity contribution in [2.24, 2.45) is 0 Å². The maximum Gasteiger partial charge on any atom is 0.156 e. The van der Waals surface area contributed by atoms with Gasteiger partial charge in [0.1, 0.15) is 5.75 Å². The van der Waals surface area contributed by atoms with Gasteiger partial charge in [0.2, 0.25) is 0 Å². The summed E-state index contributed by atoms with van der Waals surface area (Å²) in [6.07, 6.45) is 0. The Labute approximate surface area is 156 Å². The first-order chi connectivity index (χ1) is 11.8. The molecule has 0 amide bonds. The molecule has 0 bridgehead atoms. The fourth-order valence-electron chi connectivity index (χ4n) is 3.37. The predicted octanol–water partition coefficient (Wildman–Crippen LogP) is 5.35. The highest BCUT2D eigenvalue weighted by Gasteiger charge is 2.38. The molecule has 4 rings (SSSR count). The van der Waals surface area contributed by atoms with Gasteiger partial charge in [0.05, 0.1) is 33.9 Å². The van der Waals surface area contributed by atoms with Crippen molar-refractivity contribution in [2.45, 2.75) is 19.3 Å². The Morgan fingerprint density at radius 3 is 2.28 bits per heavy atom. The molecule has 0 saturated heterocycles. The Balaban J connectivity index is 2.02. The fourth-order valence-corrected chi connectivity index (χ4v) is 3.69. The van der Waals surface area contributed by atoms with Crippen molar-refractivity contribution >= 4 is 45.7 Å². The molecule has 6 heteroatoms. The third-order valence-electron chi connectivity index (χ3n) is 4.84.